The molecule has 10 heteroatoms. The zero-order valence-corrected chi connectivity index (χ0v) is 26.2. The fourth-order valence-electron chi connectivity index (χ4n) is 4.90. The summed E-state index contributed by atoms with van der Waals surface area (Å²) < 4.78 is 0. The number of carboxylic acids is 1. The van der Waals surface area contributed by atoms with Crippen LogP contribution in [0.5, 0.6) is 0 Å². The number of nitrogens with one attached hydrogen (secondary N) is 2. The van der Waals surface area contributed by atoms with Crippen molar-refractivity contribution in [1.29, 1.82) is 0 Å². The van der Waals surface area contributed by atoms with Gasteiger partial charge in [-0.25, -0.2) is 0 Å². The van der Waals surface area contributed by atoms with Gasteiger partial charge in [-0.15, -0.1) is 0 Å². The lowest BCUT2D eigenvalue weighted by molar-refractivity contribution is -0.144. The monoisotopic (exact) mass is 561 g/mol. The van der Waals surface area contributed by atoms with Crippen molar-refractivity contribution in [3.8, 4) is 0 Å². The van der Waals surface area contributed by atoms with Gasteiger partial charge >= 0.3 is 5.97 Å². The van der Waals surface area contributed by atoms with Crippen LogP contribution in [0.15, 0.2) is 30.3 Å². The molecule has 0 aliphatic rings. The van der Waals surface area contributed by atoms with E-state index in [1.54, 1.807) is 30.9 Å². The molecule has 3 amide bonds. The summed E-state index contributed by atoms with van der Waals surface area (Å²) in [6, 6.07) is 8.18. The molecule has 0 aliphatic heterocycles. The predicted octanol–water partition coefficient (Wildman–Crippen LogP) is 2.04. The largest absolute Gasteiger partial charge is 0.480 e. The van der Waals surface area contributed by atoms with Gasteiger partial charge in [-0.1, -0.05) is 78.8 Å². The van der Waals surface area contributed by atoms with Gasteiger partial charge in [0.05, 0.1) is 12.6 Å². The number of hydrogen-bond acceptors (Lipinski definition) is 6. The minimum absolute atomic E-state index is 0.0207. The number of carbonyl (C=O) groups is 4. The lowest BCUT2D eigenvalue weighted by Crippen LogP contribution is -2.62. The fourth-order valence-corrected chi connectivity index (χ4v) is 4.90. The molecule has 226 valence electrons. The molecule has 1 aromatic rings. The van der Waals surface area contributed by atoms with Crippen LogP contribution in [0, 0.1) is 11.3 Å². The van der Waals surface area contributed by atoms with Crippen LogP contribution in [0.4, 0.5) is 0 Å². The Bertz CT molecular complexity index is 1010. The minimum atomic E-state index is -1.08. The summed E-state index contributed by atoms with van der Waals surface area (Å²) in [5.74, 6) is -1.81. The van der Waals surface area contributed by atoms with E-state index in [1.165, 1.54) is 11.9 Å². The number of carboxylic acid groups (broad SMARTS) is 1. The molecular formula is C30H51N5O5. The second-order valence-corrected chi connectivity index (χ2v) is 12.7. The standard InChI is InChI=1S/C30H51N5O5/c1-20(2)22(17-33(9)18-23(36)34(10)19-24(37)38)35(11)28(40)26(29(3,4)5)32-27(39)25(31-8)30(6,7)21-15-13-12-14-16-21/h12-16,20,22,25-26,31H,17-19H2,1-11H3,(H,32,39)(H,37,38)/t22-,25-,26-/m1/s1. The first kappa shape index (κ1) is 35.0. The van der Waals surface area contributed by atoms with E-state index in [1.807, 2.05) is 78.8 Å². The van der Waals surface area contributed by atoms with E-state index in [0.29, 0.717) is 6.54 Å². The number of nitrogens with zero attached hydrogens (tertiary/aromatic N) is 3. The maximum atomic E-state index is 14.0. The molecule has 0 aliphatic carbocycles. The Hall–Kier alpha value is -2.98. The third kappa shape index (κ3) is 9.59. The number of rotatable bonds is 14. The van der Waals surface area contributed by atoms with Crippen molar-refractivity contribution in [2.45, 2.75) is 72.0 Å². The first-order valence-corrected chi connectivity index (χ1v) is 13.8. The van der Waals surface area contributed by atoms with Gasteiger partial charge in [0.15, 0.2) is 0 Å². The van der Waals surface area contributed by atoms with Crippen molar-refractivity contribution in [2.75, 3.05) is 47.8 Å². The van der Waals surface area contributed by atoms with Crippen LogP contribution in [-0.2, 0) is 24.6 Å². The molecule has 40 heavy (non-hydrogen) atoms. The summed E-state index contributed by atoms with van der Waals surface area (Å²) in [6.07, 6.45) is 0. The highest BCUT2D eigenvalue weighted by Gasteiger charge is 2.41. The molecular weight excluding hydrogens is 510 g/mol. The molecule has 1 aromatic carbocycles. The zero-order chi connectivity index (χ0) is 31.0. The topological polar surface area (TPSA) is 122 Å². The first-order valence-electron chi connectivity index (χ1n) is 13.8. The molecule has 0 unspecified atom stereocenters. The third-order valence-electron chi connectivity index (χ3n) is 7.51. The van der Waals surface area contributed by atoms with Crippen LogP contribution in [0.1, 0.15) is 54.0 Å². The van der Waals surface area contributed by atoms with Crippen molar-refractivity contribution in [2.24, 2.45) is 11.3 Å². The van der Waals surface area contributed by atoms with Gasteiger partial charge in [0.2, 0.25) is 17.7 Å². The normalized spacial score (nSPS) is 14.4. The average Bonchev–Trinajstić information content (AvgIpc) is 2.84. The number of amides is 3. The number of benzene rings is 1. The molecule has 10 nitrogen and oxygen atoms in total. The summed E-state index contributed by atoms with van der Waals surface area (Å²) in [4.78, 5) is 55.7. The molecule has 0 radical (unpaired) electrons. The predicted molar refractivity (Wildman–Crippen MR) is 158 cm³/mol. The second-order valence-electron chi connectivity index (χ2n) is 12.7. The highest BCUT2D eigenvalue weighted by molar-refractivity contribution is 5.91. The van der Waals surface area contributed by atoms with Gasteiger partial charge in [-0.2, -0.15) is 0 Å². The molecule has 0 heterocycles. The van der Waals surface area contributed by atoms with Gasteiger partial charge in [-0.05, 0) is 31.0 Å². The van der Waals surface area contributed by atoms with Gasteiger partial charge in [0, 0.05) is 32.1 Å². The second kappa shape index (κ2) is 14.6. The summed E-state index contributed by atoms with van der Waals surface area (Å²) in [6.45, 7) is 13.8. The number of carbonyl (C=O) groups excluding carboxylic acids is 3. The molecule has 0 fully saturated rings. The van der Waals surface area contributed by atoms with Gasteiger partial charge < -0.3 is 25.5 Å². The van der Waals surface area contributed by atoms with Gasteiger partial charge in [0.25, 0.3) is 0 Å². The molecule has 3 atom stereocenters. The SMILES string of the molecule is CN[C@H](C(=O)N[C@H](C(=O)N(C)[C@H](CN(C)CC(=O)N(C)CC(=O)O)C(C)C)C(C)(C)C)C(C)(C)c1ccccc1. The summed E-state index contributed by atoms with van der Waals surface area (Å²) in [5, 5.41) is 15.2. The number of likely N-dealkylation sites (N-methyl/N-ethyl adjacent to an activating group) is 4. The van der Waals surface area contributed by atoms with Crippen molar-refractivity contribution >= 4 is 23.7 Å². The lowest BCUT2D eigenvalue weighted by atomic mass is 9.76. The van der Waals surface area contributed by atoms with E-state index >= 15 is 0 Å². The summed E-state index contributed by atoms with van der Waals surface area (Å²) in [7, 11) is 6.70. The van der Waals surface area contributed by atoms with Crippen LogP contribution in [0.2, 0.25) is 0 Å². The van der Waals surface area contributed by atoms with Crippen molar-refractivity contribution < 1.29 is 24.3 Å². The van der Waals surface area contributed by atoms with Crippen molar-refractivity contribution in [3.05, 3.63) is 35.9 Å². The van der Waals surface area contributed by atoms with Crippen LogP contribution in [0.25, 0.3) is 0 Å². The van der Waals surface area contributed by atoms with Crippen molar-refractivity contribution in [1.82, 2.24) is 25.3 Å². The Labute approximate surface area is 240 Å². The summed E-state index contributed by atoms with van der Waals surface area (Å²) in [5.41, 5.74) is -0.105. The Balaban J connectivity index is 3.14. The highest BCUT2D eigenvalue weighted by atomic mass is 16.4. The highest BCUT2D eigenvalue weighted by Crippen LogP contribution is 2.29. The maximum absolute atomic E-state index is 14.0. The Kier molecular flexibility index (Phi) is 12.8. The lowest BCUT2D eigenvalue weighted by Gasteiger charge is -2.41. The quantitative estimate of drug-likeness (QED) is 0.318. The summed E-state index contributed by atoms with van der Waals surface area (Å²) >= 11 is 0. The van der Waals surface area contributed by atoms with Gasteiger partial charge in [-0.3, -0.25) is 24.1 Å². The van der Waals surface area contributed by atoms with Crippen molar-refractivity contribution in [3.63, 3.8) is 0 Å². The zero-order valence-electron chi connectivity index (χ0n) is 26.2. The molecule has 3 N–H and O–H groups in total. The van der Waals surface area contributed by atoms with E-state index in [4.69, 9.17) is 5.11 Å². The Morgan fingerprint density at radius 3 is 1.90 bits per heavy atom. The van der Waals surface area contributed by atoms with Crippen LogP contribution >= 0.6 is 0 Å². The van der Waals surface area contributed by atoms with Gasteiger partial charge in [0.1, 0.15) is 12.6 Å². The molecule has 0 spiro atoms. The fraction of sp³-hybridized carbons (Fsp3) is 0.667. The van der Waals surface area contributed by atoms with E-state index in [-0.39, 0.29) is 42.8 Å². The maximum Gasteiger partial charge on any atom is 0.323 e. The third-order valence-corrected chi connectivity index (χ3v) is 7.51. The van der Waals surface area contributed by atoms with E-state index in [2.05, 4.69) is 10.6 Å². The smallest absolute Gasteiger partial charge is 0.323 e. The van der Waals surface area contributed by atoms with E-state index in [9.17, 15) is 19.2 Å². The molecule has 0 bridgehead atoms. The van der Waals surface area contributed by atoms with Crippen LogP contribution in [0.3, 0.4) is 0 Å². The van der Waals surface area contributed by atoms with E-state index < -0.39 is 28.9 Å². The van der Waals surface area contributed by atoms with E-state index in [0.717, 1.165) is 5.56 Å². The molecule has 0 saturated heterocycles. The molecule has 0 aromatic heterocycles. The molecule has 0 saturated carbocycles. The minimum Gasteiger partial charge on any atom is -0.480 e. The van der Waals surface area contributed by atoms with Crippen LogP contribution in [-0.4, -0.2) is 109 Å². The molecule has 1 rings (SSSR count). The number of aliphatic carboxylic acids is 1. The average molecular weight is 562 g/mol. The Morgan fingerprint density at radius 2 is 1.45 bits per heavy atom. The van der Waals surface area contributed by atoms with Crippen LogP contribution < -0.4 is 10.6 Å². The Morgan fingerprint density at radius 1 is 0.900 bits per heavy atom. The first-order chi connectivity index (χ1) is 18.3. The number of hydrogen-bond donors (Lipinski definition) is 3.